The van der Waals surface area contributed by atoms with Crippen molar-refractivity contribution in [2.24, 2.45) is 0 Å². The standard InChI is InChI=1S/C20H20N2O7/c1-12(2)29-19(24)14-7-9-15(10-8-14)21-17(23)11-28-20(25)16-6-4-5-13(3)18(16)22(26)27/h4-10,12H,11H2,1-3H3,(H,21,23). The number of carbonyl (C=O) groups excluding carboxylic acids is 3. The highest BCUT2D eigenvalue weighted by Gasteiger charge is 2.24. The molecule has 0 aliphatic carbocycles. The van der Waals surface area contributed by atoms with Gasteiger partial charge in [0.25, 0.3) is 11.6 Å². The van der Waals surface area contributed by atoms with Crippen LogP contribution in [0.25, 0.3) is 0 Å². The number of nitrogens with zero attached hydrogens (tertiary/aromatic N) is 1. The number of carbonyl (C=O) groups is 3. The minimum atomic E-state index is -0.970. The Kier molecular flexibility index (Phi) is 7.02. The highest BCUT2D eigenvalue weighted by Crippen LogP contribution is 2.23. The Morgan fingerprint density at radius 1 is 1.07 bits per heavy atom. The lowest BCUT2D eigenvalue weighted by Crippen LogP contribution is -2.21. The Morgan fingerprint density at radius 3 is 2.31 bits per heavy atom. The third-order valence-electron chi connectivity index (χ3n) is 3.72. The first-order valence-corrected chi connectivity index (χ1v) is 8.71. The topological polar surface area (TPSA) is 125 Å². The van der Waals surface area contributed by atoms with Crippen molar-refractivity contribution >= 4 is 29.2 Å². The molecule has 152 valence electrons. The molecule has 0 aliphatic heterocycles. The summed E-state index contributed by atoms with van der Waals surface area (Å²) >= 11 is 0. The quantitative estimate of drug-likeness (QED) is 0.429. The fourth-order valence-corrected chi connectivity index (χ4v) is 2.44. The van der Waals surface area contributed by atoms with Gasteiger partial charge in [-0.2, -0.15) is 0 Å². The normalized spacial score (nSPS) is 10.3. The molecule has 0 aromatic heterocycles. The van der Waals surface area contributed by atoms with Crippen LogP contribution in [0.2, 0.25) is 0 Å². The SMILES string of the molecule is Cc1cccc(C(=O)OCC(=O)Nc2ccc(C(=O)OC(C)C)cc2)c1[N+](=O)[O-]. The average molecular weight is 400 g/mol. The van der Waals surface area contributed by atoms with Gasteiger partial charge in [-0.3, -0.25) is 14.9 Å². The van der Waals surface area contributed by atoms with E-state index in [1.165, 1.54) is 49.4 Å². The molecular formula is C20H20N2O7. The molecule has 0 heterocycles. The molecule has 9 nitrogen and oxygen atoms in total. The Bertz CT molecular complexity index is 936. The van der Waals surface area contributed by atoms with E-state index >= 15 is 0 Å². The van der Waals surface area contributed by atoms with Crippen molar-refractivity contribution in [3.63, 3.8) is 0 Å². The first kappa shape index (κ1) is 21.5. The monoisotopic (exact) mass is 400 g/mol. The molecule has 0 atom stereocenters. The third-order valence-corrected chi connectivity index (χ3v) is 3.72. The lowest BCUT2D eigenvalue weighted by Gasteiger charge is -2.09. The third kappa shape index (κ3) is 5.86. The minimum Gasteiger partial charge on any atom is -0.459 e. The van der Waals surface area contributed by atoms with Gasteiger partial charge < -0.3 is 14.8 Å². The van der Waals surface area contributed by atoms with Gasteiger partial charge in [0.05, 0.1) is 16.6 Å². The number of anilines is 1. The second-order valence-corrected chi connectivity index (χ2v) is 6.38. The molecule has 0 saturated carbocycles. The van der Waals surface area contributed by atoms with Crippen LogP contribution in [0.15, 0.2) is 42.5 Å². The van der Waals surface area contributed by atoms with E-state index in [-0.39, 0.29) is 17.4 Å². The molecule has 29 heavy (non-hydrogen) atoms. The largest absolute Gasteiger partial charge is 0.459 e. The van der Waals surface area contributed by atoms with Gasteiger partial charge in [-0.15, -0.1) is 0 Å². The van der Waals surface area contributed by atoms with Gasteiger partial charge in [0.15, 0.2) is 6.61 Å². The van der Waals surface area contributed by atoms with Gasteiger partial charge in [-0.25, -0.2) is 9.59 Å². The Morgan fingerprint density at radius 2 is 1.72 bits per heavy atom. The molecule has 2 rings (SSSR count). The Labute approximate surface area is 166 Å². The number of nitro groups is 1. The van der Waals surface area contributed by atoms with Gasteiger partial charge >= 0.3 is 11.9 Å². The summed E-state index contributed by atoms with van der Waals surface area (Å²) < 4.78 is 9.95. The van der Waals surface area contributed by atoms with Crippen molar-refractivity contribution in [2.75, 3.05) is 11.9 Å². The van der Waals surface area contributed by atoms with Crippen molar-refractivity contribution in [3.05, 3.63) is 69.3 Å². The summed E-state index contributed by atoms with van der Waals surface area (Å²) in [7, 11) is 0. The highest BCUT2D eigenvalue weighted by molar-refractivity contribution is 5.98. The molecule has 0 bridgehead atoms. The van der Waals surface area contributed by atoms with Crippen LogP contribution in [-0.2, 0) is 14.3 Å². The maximum absolute atomic E-state index is 12.1. The van der Waals surface area contributed by atoms with E-state index in [1.54, 1.807) is 13.8 Å². The van der Waals surface area contributed by atoms with Crippen LogP contribution in [0, 0.1) is 17.0 Å². The predicted molar refractivity (Wildman–Crippen MR) is 104 cm³/mol. The summed E-state index contributed by atoms with van der Waals surface area (Å²) in [5.74, 6) is -2.08. The van der Waals surface area contributed by atoms with Gasteiger partial charge in [0, 0.05) is 11.3 Å². The van der Waals surface area contributed by atoms with Crippen molar-refractivity contribution in [2.45, 2.75) is 26.9 Å². The molecule has 1 amide bonds. The number of amides is 1. The van der Waals surface area contributed by atoms with Crippen molar-refractivity contribution in [1.82, 2.24) is 0 Å². The van der Waals surface area contributed by atoms with E-state index in [4.69, 9.17) is 9.47 Å². The van der Waals surface area contributed by atoms with Crippen LogP contribution in [0.5, 0.6) is 0 Å². The van der Waals surface area contributed by atoms with E-state index in [0.29, 0.717) is 16.8 Å². The molecule has 9 heteroatoms. The summed E-state index contributed by atoms with van der Waals surface area (Å²) in [5.41, 5.74) is 0.436. The maximum atomic E-state index is 12.1. The molecule has 0 aliphatic rings. The molecular weight excluding hydrogens is 380 g/mol. The molecule has 0 fully saturated rings. The Balaban J connectivity index is 1.95. The number of nitro benzene ring substituents is 1. The number of ether oxygens (including phenoxy) is 2. The fourth-order valence-electron chi connectivity index (χ4n) is 2.44. The number of para-hydroxylation sites is 1. The van der Waals surface area contributed by atoms with E-state index < -0.39 is 29.4 Å². The van der Waals surface area contributed by atoms with E-state index in [1.807, 2.05) is 0 Å². The van der Waals surface area contributed by atoms with Crippen LogP contribution >= 0.6 is 0 Å². The second kappa shape index (κ2) is 9.45. The summed E-state index contributed by atoms with van der Waals surface area (Å²) in [6.45, 7) is 4.35. The molecule has 2 aromatic carbocycles. The first-order valence-electron chi connectivity index (χ1n) is 8.71. The number of benzene rings is 2. The number of rotatable bonds is 7. The van der Waals surface area contributed by atoms with Crippen LogP contribution < -0.4 is 5.32 Å². The lowest BCUT2D eigenvalue weighted by atomic mass is 10.1. The number of aryl methyl sites for hydroxylation is 1. The summed E-state index contributed by atoms with van der Waals surface area (Å²) in [5, 5.41) is 13.6. The summed E-state index contributed by atoms with van der Waals surface area (Å²) in [4.78, 5) is 46.4. The number of esters is 2. The van der Waals surface area contributed by atoms with Crippen molar-refractivity contribution in [1.29, 1.82) is 0 Å². The van der Waals surface area contributed by atoms with Crippen molar-refractivity contribution in [3.8, 4) is 0 Å². The van der Waals surface area contributed by atoms with E-state index in [9.17, 15) is 24.5 Å². The number of nitrogens with one attached hydrogen (secondary N) is 1. The smallest absolute Gasteiger partial charge is 0.345 e. The van der Waals surface area contributed by atoms with Gasteiger partial charge in [-0.05, 0) is 51.1 Å². The zero-order valence-corrected chi connectivity index (χ0v) is 16.1. The number of hydrogen-bond donors (Lipinski definition) is 1. The van der Waals surface area contributed by atoms with E-state index in [0.717, 1.165) is 0 Å². The summed E-state index contributed by atoms with van der Waals surface area (Å²) in [6.07, 6.45) is -0.249. The van der Waals surface area contributed by atoms with Crippen LogP contribution in [0.4, 0.5) is 11.4 Å². The molecule has 0 radical (unpaired) electrons. The second-order valence-electron chi connectivity index (χ2n) is 6.38. The average Bonchev–Trinajstić information content (AvgIpc) is 2.65. The minimum absolute atomic E-state index is 0.226. The zero-order valence-electron chi connectivity index (χ0n) is 16.1. The fraction of sp³-hybridized carbons (Fsp3) is 0.250. The van der Waals surface area contributed by atoms with Gasteiger partial charge in [-0.1, -0.05) is 12.1 Å². The first-order chi connectivity index (χ1) is 13.7. The highest BCUT2D eigenvalue weighted by atomic mass is 16.6. The summed E-state index contributed by atoms with van der Waals surface area (Å²) in [6, 6.07) is 10.2. The zero-order chi connectivity index (χ0) is 21.6. The predicted octanol–water partition coefficient (Wildman–Crippen LogP) is 3.26. The van der Waals surface area contributed by atoms with Crippen LogP contribution in [0.1, 0.15) is 40.1 Å². The van der Waals surface area contributed by atoms with Gasteiger partial charge in [0.1, 0.15) is 5.56 Å². The molecule has 1 N–H and O–H groups in total. The molecule has 2 aromatic rings. The Hall–Kier alpha value is -3.75. The van der Waals surface area contributed by atoms with E-state index in [2.05, 4.69) is 5.32 Å². The number of hydrogen-bond acceptors (Lipinski definition) is 7. The van der Waals surface area contributed by atoms with Crippen LogP contribution in [-0.4, -0.2) is 35.5 Å². The lowest BCUT2D eigenvalue weighted by molar-refractivity contribution is -0.385. The maximum Gasteiger partial charge on any atom is 0.345 e. The van der Waals surface area contributed by atoms with Crippen LogP contribution in [0.3, 0.4) is 0 Å². The molecule has 0 spiro atoms. The van der Waals surface area contributed by atoms with Crippen molar-refractivity contribution < 1.29 is 28.8 Å². The van der Waals surface area contributed by atoms with Gasteiger partial charge in [0.2, 0.25) is 0 Å². The molecule has 0 unspecified atom stereocenters. The molecule has 0 saturated heterocycles.